The van der Waals surface area contributed by atoms with Crippen molar-refractivity contribution in [2.45, 2.75) is 19.0 Å². The van der Waals surface area contributed by atoms with Crippen molar-refractivity contribution in [3.63, 3.8) is 0 Å². The van der Waals surface area contributed by atoms with Crippen molar-refractivity contribution in [1.29, 1.82) is 0 Å². The Morgan fingerprint density at radius 3 is 2.58 bits per heavy atom. The van der Waals surface area contributed by atoms with Gasteiger partial charge in [0.15, 0.2) is 5.16 Å². The highest BCUT2D eigenvalue weighted by Crippen LogP contribution is 2.24. The summed E-state index contributed by atoms with van der Waals surface area (Å²) in [6.45, 7) is 3.92. The molecule has 1 N–H and O–H groups in total. The number of benzene rings is 3. The number of nitrogens with zero attached hydrogens (tertiary/aromatic N) is 2. The topological polar surface area (TPSA) is 64.0 Å². The van der Waals surface area contributed by atoms with Gasteiger partial charge in [0.1, 0.15) is 5.82 Å². The van der Waals surface area contributed by atoms with E-state index in [-0.39, 0.29) is 22.9 Å². The van der Waals surface area contributed by atoms with Crippen molar-refractivity contribution >= 4 is 34.3 Å². The van der Waals surface area contributed by atoms with Crippen LogP contribution >= 0.6 is 11.8 Å². The van der Waals surface area contributed by atoms with Crippen LogP contribution in [0.1, 0.15) is 11.1 Å². The van der Waals surface area contributed by atoms with Crippen LogP contribution in [0, 0.1) is 19.7 Å². The number of hydrogen-bond donors (Lipinski definition) is 1. The molecule has 5 nitrogen and oxygen atoms in total. The van der Waals surface area contributed by atoms with Gasteiger partial charge in [0.25, 0.3) is 5.56 Å². The quantitative estimate of drug-likeness (QED) is 0.360. The summed E-state index contributed by atoms with van der Waals surface area (Å²) < 4.78 is 15.4. The monoisotopic (exact) mass is 433 g/mol. The third-order valence-corrected chi connectivity index (χ3v) is 5.76. The maximum atomic E-state index is 13.8. The van der Waals surface area contributed by atoms with E-state index in [4.69, 9.17) is 0 Å². The number of amides is 1. The van der Waals surface area contributed by atoms with Gasteiger partial charge in [-0.2, -0.15) is 0 Å². The second-order valence-corrected chi connectivity index (χ2v) is 8.10. The Hall–Kier alpha value is -3.45. The molecule has 0 fully saturated rings. The van der Waals surface area contributed by atoms with Crippen LogP contribution in [0.5, 0.6) is 0 Å². The van der Waals surface area contributed by atoms with Gasteiger partial charge in [-0.05, 0) is 49.7 Å². The zero-order chi connectivity index (χ0) is 22.0. The molecule has 3 aromatic carbocycles. The minimum absolute atomic E-state index is 0.0238. The molecular formula is C24H20FN3O2S. The molecule has 0 bridgehead atoms. The Bertz CT molecular complexity index is 1350. The van der Waals surface area contributed by atoms with Gasteiger partial charge < -0.3 is 5.32 Å². The molecule has 4 rings (SSSR count). The van der Waals surface area contributed by atoms with Crippen molar-refractivity contribution < 1.29 is 9.18 Å². The van der Waals surface area contributed by atoms with Gasteiger partial charge in [-0.1, -0.05) is 53.7 Å². The molecule has 156 valence electrons. The number of rotatable bonds is 5. The third-order valence-electron chi connectivity index (χ3n) is 4.82. The number of hydrogen-bond acceptors (Lipinski definition) is 4. The second kappa shape index (κ2) is 8.73. The number of aryl methyl sites for hydroxylation is 2. The van der Waals surface area contributed by atoms with Crippen LogP contribution in [0.2, 0.25) is 0 Å². The number of carbonyl (C=O) groups is 1. The van der Waals surface area contributed by atoms with E-state index in [0.29, 0.717) is 21.7 Å². The Morgan fingerprint density at radius 2 is 1.81 bits per heavy atom. The molecule has 0 aliphatic heterocycles. The number of thioether (sulfide) groups is 1. The van der Waals surface area contributed by atoms with Gasteiger partial charge >= 0.3 is 0 Å². The van der Waals surface area contributed by atoms with Gasteiger partial charge in [0.05, 0.1) is 28.0 Å². The number of para-hydroxylation sites is 2. The van der Waals surface area contributed by atoms with Gasteiger partial charge in [0.2, 0.25) is 5.91 Å². The molecule has 7 heteroatoms. The molecule has 31 heavy (non-hydrogen) atoms. The average molecular weight is 434 g/mol. The molecule has 0 atom stereocenters. The SMILES string of the molecule is Cc1ccc(-n2c(SCC(=O)Nc3ccccc3F)nc3ccccc3c2=O)c(C)c1. The molecule has 1 amide bonds. The molecule has 0 aliphatic rings. The molecule has 0 unspecified atom stereocenters. The van der Waals surface area contributed by atoms with E-state index in [0.717, 1.165) is 22.9 Å². The Morgan fingerprint density at radius 1 is 1.06 bits per heavy atom. The third kappa shape index (κ3) is 4.36. The fourth-order valence-corrected chi connectivity index (χ4v) is 4.16. The first kappa shape index (κ1) is 20.8. The van der Waals surface area contributed by atoms with E-state index in [9.17, 15) is 14.0 Å². The van der Waals surface area contributed by atoms with Crippen molar-refractivity contribution in [3.8, 4) is 5.69 Å². The summed E-state index contributed by atoms with van der Waals surface area (Å²) in [4.78, 5) is 30.4. The minimum atomic E-state index is -0.503. The highest BCUT2D eigenvalue weighted by atomic mass is 32.2. The zero-order valence-electron chi connectivity index (χ0n) is 17.1. The summed E-state index contributed by atoms with van der Waals surface area (Å²) in [5.41, 5.74) is 3.20. The molecule has 0 spiro atoms. The standard InChI is InChI=1S/C24H20FN3O2S/c1-15-11-12-21(16(2)13-15)28-23(30)17-7-3-5-9-19(17)27-24(28)31-14-22(29)26-20-10-6-4-8-18(20)25/h3-13H,14H2,1-2H3,(H,26,29). The van der Waals surface area contributed by atoms with E-state index >= 15 is 0 Å². The van der Waals surface area contributed by atoms with Crippen LogP contribution in [0.25, 0.3) is 16.6 Å². The van der Waals surface area contributed by atoms with Crippen molar-refractivity contribution in [2.24, 2.45) is 0 Å². The molecular weight excluding hydrogens is 413 g/mol. The van der Waals surface area contributed by atoms with Gasteiger partial charge in [-0.25, -0.2) is 9.37 Å². The molecule has 0 saturated heterocycles. The van der Waals surface area contributed by atoms with Crippen LogP contribution < -0.4 is 10.9 Å². The summed E-state index contributed by atoms with van der Waals surface area (Å²) in [5, 5.41) is 3.46. The van der Waals surface area contributed by atoms with Crippen LogP contribution in [-0.4, -0.2) is 21.2 Å². The summed E-state index contributed by atoms with van der Waals surface area (Å²) >= 11 is 1.13. The molecule has 0 radical (unpaired) electrons. The van der Waals surface area contributed by atoms with Crippen molar-refractivity contribution in [3.05, 3.63) is 94.0 Å². The molecule has 0 aliphatic carbocycles. The maximum absolute atomic E-state index is 13.8. The van der Waals surface area contributed by atoms with E-state index in [1.807, 2.05) is 38.1 Å². The van der Waals surface area contributed by atoms with Gasteiger partial charge in [0, 0.05) is 0 Å². The first-order chi connectivity index (χ1) is 14.9. The van der Waals surface area contributed by atoms with E-state index in [1.165, 1.54) is 16.7 Å². The van der Waals surface area contributed by atoms with Crippen LogP contribution in [0.4, 0.5) is 10.1 Å². The first-order valence-corrected chi connectivity index (χ1v) is 10.7. The lowest BCUT2D eigenvalue weighted by atomic mass is 10.1. The predicted octanol–water partition coefficient (Wildman–Crippen LogP) is 4.87. The lowest BCUT2D eigenvalue weighted by Gasteiger charge is -2.15. The van der Waals surface area contributed by atoms with Crippen molar-refractivity contribution in [1.82, 2.24) is 9.55 Å². The normalized spacial score (nSPS) is 10.9. The number of fused-ring (bicyclic) bond motifs is 1. The number of aromatic nitrogens is 2. The summed E-state index contributed by atoms with van der Waals surface area (Å²) in [5.74, 6) is -0.911. The van der Waals surface area contributed by atoms with Crippen LogP contribution in [-0.2, 0) is 4.79 Å². The fourth-order valence-electron chi connectivity index (χ4n) is 3.36. The van der Waals surface area contributed by atoms with Gasteiger partial charge in [-0.15, -0.1) is 0 Å². The highest BCUT2D eigenvalue weighted by molar-refractivity contribution is 7.99. The smallest absolute Gasteiger partial charge is 0.266 e. The fraction of sp³-hybridized carbons (Fsp3) is 0.125. The number of halogens is 1. The highest BCUT2D eigenvalue weighted by Gasteiger charge is 2.16. The Kier molecular flexibility index (Phi) is 5.86. The summed E-state index contributed by atoms with van der Waals surface area (Å²) in [6, 6.07) is 18.9. The Labute approximate surface area is 182 Å². The number of nitrogens with one attached hydrogen (secondary N) is 1. The van der Waals surface area contributed by atoms with E-state index < -0.39 is 5.82 Å². The summed E-state index contributed by atoms with van der Waals surface area (Å²) in [6.07, 6.45) is 0. The zero-order valence-corrected chi connectivity index (χ0v) is 17.9. The number of carbonyl (C=O) groups excluding carboxylic acids is 1. The Balaban J connectivity index is 1.72. The second-order valence-electron chi connectivity index (χ2n) is 7.16. The first-order valence-electron chi connectivity index (χ1n) is 9.70. The lowest BCUT2D eigenvalue weighted by molar-refractivity contribution is -0.113. The lowest BCUT2D eigenvalue weighted by Crippen LogP contribution is -2.23. The average Bonchev–Trinajstić information content (AvgIpc) is 2.75. The predicted molar refractivity (Wildman–Crippen MR) is 123 cm³/mol. The van der Waals surface area contributed by atoms with Gasteiger partial charge in [-0.3, -0.25) is 14.2 Å². The van der Waals surface area contributed by atoms with Crippen molar-refractivity contribution in [2.75, 3.05) is 11.1 Å². The van der Waals surface area contributed by atoms with E-state index in [2.05, 4.69) is 10.3 Å². The van der Waals surface area contributed by atoms with Crippen LogP contribution in [0.15, 0.2) is 76.7 Å². The molecule has 1 heterocycles. The van der Waals surface area contributed by atoms with Crippen LogP contribution in [0.3, 0.4) is 0 Å². The largest absolute Gasteiger partial charge is 0.323 e. The minimum Gasteiger partial charge on any atom is -0.323 e. The number of anilines is 1. The maximum Gasteiger partial charge on any atom is 0.266 e. The van der Waals surface area contributed by atoms with E-state index in [1.54, 1.807) is 30.3 Å². The summed E-state index contributed by atoms with van der Waals surface area (Å²) in [7, 11) is 0. The molecule has 0 saturated carbocycles. The molecule has 4 aromatic rings. The molecule has 1 aromatic heterocycles.